The van der Waals surface area contributed by atoms with Gasteiger partial charge in [0, 0.05) is 24.3 Å². The highest BCUT2D eigenvalue weighted by atomic mass is 19.4. The number of alkyl halides is 3. The van der Waals surface area contributed by atoms with E-state index < -0.39 is 12.7 Å². The van der Waals surface area contributed by atoms with Gasteiger partial charge < -0.3 is 10.2 Å². The summed E-state index contributed by atoms with van der Waals surface area (Å²) in [5.41, 5.74) is 1.67. The van der Waals surface area contributed by atoms with Crippen LogP contribution in [0.4, 0.5) is 18.9 Å². The number of rotatable bonds is 6. The van der Waals surface area contributed by atoms with Crippen LogP contribution in [-0.4, -0.2) is 24.8 Å². The molecule has 0 fully saturated rings. The van der Waals surface area contributed by atoms with E-state index in [9.17, 15) is 13.2 Å². The van der Waals surface area contributed by atoms with Crippen molar-refractivity contribution in [1.29, 1.82) is 0 Å². The number of anilines is 1. The van der Waals surface area contributed by atoms with Crippen LogP contribution in [0, 0.1) is 0 Å². The summed E-state index contributed by atoms with van der Waals surface area (Å²) in [6, 6.07) is 7.43. The van der Waals surface area contributed by atoms with Crippen LogP contribution >= 0.6 is 0 Å². The highest BCUT2D eigenvalue weighted by molar-refractivity contribution is 5.48. The number of hydrogen-bond acceptors (Lipinski definition) is 2. The normalized spacial score (nSPS) is 12.2. The minimum Gasteiger partial charge on any atom is -0.360 e. The van der Waals surface area contributed by atoms with Gasteiger partial charge in [0.15, 0.2) is 0 Å². The van der Waals surface area contributed by atoms with Gasteiger partial charge in [-0.25, -0.2) is 0 Å². The smallest absolute Gasteiger partial charge is 0.360 e. The van der Waals surface area contributed by atoms with Crippen LogP contribution in [0.2, 0.25) is 0 Å². The van der Waals surface area contributed by atoms with Crippen molar-refractivity contribution in [2.45, 2.75) is 52.5 Å². The van der Waals surface area contributed by atoms with Crippen molar-refractivity contribution >= 4 is 5.69 Å². The van der Waals surface area contributed by atoms with E-state index >= 15 is 0 Å². The Morgan fingerprint density at radius 3 is 2.00 bits per heavy atom. The van der Waals surface area contributed by atoms with Crippen LogP contribution in [0.3, 0.4) is 0 Å². The van der Waals surface area contributed by atoms with Crippen LogP contribution in [0.5, 0.6) is 0 Å². The molecule has 0 aromatic heterocycles. The zero-order valence-electron chi connectivity index (χ0n) is 12.5. The highest BCUT2D eigenvalue weighted by Crippen LogP contribution is 2.24. The SMILES string of the molecule is CC(C)NCc1ccc(N(CC(F)(F)F)C(C)C)cc1. The summed E-state index contributed by atoms with van der Waals surface area (Å²) in [6.07, 6.45) is -4.19. The van der Waals surface area contributed by atoms with E-state index in [0.29, 0.717) is 11.7 Å². The van der Waals surface area contributed by atoms with Crippen molar-refractivity contribution < 1.29 is 13.2 Å². The molecule has 1 aromatic rings. The van der Waals surface area contributed by atoms with Crippen molar-refractivity contribution in [3.63, 3.8) is 0 Å². The molecule has 1 N–H and O–H groups in total. The molecule has 2 nitrogen and oxygen atoms in total. The van der Waals surface area contributed by atoms with E-state index in [0.717, 1.165) is 12.1 Å². The molecule has 1 rings (SSSR count). The molecule has 114 valence electrons. The van der Waals surface area contributed by atoms with Crippen LogP contribution in [0.1, 0.15) is 33.3 Å². The van der Waals surface area contributed by atoms with Gasteiger partial charge in [-0.15, -0.1) is 0 Å². The lowest BCUT2D eigenvalue weighted by Crippen LogP contribution is -2.39. The first-order chi connectivity index (χ1) is 9.19. The van der Waals surface area contributed by atoms with Gasteiger partial charge in [-0.3, -0.25) is 0 Å². The van der Waals surface area contributed by atoms with E-state index in [1.165, 1.54) is 4.90 Å². The van der Waals surface area contributed by atoms with Gasteiger partial charge in [0.05, 0.1) is 0 Å². The summed E-state index contributed by atoms with van der Waals surface area (Å²) in [5, 5.41) is 3.28. The summed E-state index contributed by atoms with van der Waals surface area (Å²) in [4.78, 5) is 1.36. The Bertz CT molecular complexity index is 397. The fourth-order valence-electron chi connectivity index (χ4n) is 1.89. The topological polar surface area (TPSA) is 15.3 Å². The molecule has 0 spiro atoms. The molecule has 0 atom stereocenters. The van der Waals surface area contributed by atoms with E-state index in [-0.39, 0.29) is 6.04 Å². The van der Waals surface area contributed by atoms with Gasteiger partial charge in [-0.1, -0.05) is 26.0 Å². The van der Waals surface area contributed by atoms with E-state index in [4.69, 9.17) is 0 Å². The standard InChI is InChI=1S/C15H23F3N2/c1-11(2)19-9-13-5-7-14(8-6-13)20(12(3)4)10-15(16,17)18/h5-8,11-12,19H,9-10H2,1-4H3. The Morgan fingerprint density at radius 2 is 1.60 bits per heavy atom. The number of nitrogens with one attached hydrogen (secondary N) is 1. The first kappa shape index (κ1) is 16.8. The monoisotopic (exact) mass is 288 g/mol. The van der Waals surface area contributed by atoms with Crippen molar-refractivity contribution in [1.82, 2.24) is 5.32 Å². The van der Waals surface area contributed by atoms with Crippen LogP contribution in [-0.2, 0) is 6.54 Å². The molecule has 1 aromatic carbocycles. The first-order valence-corrected chi connectivity index (χ1v) is 6.85. The lowest BCUT2D eigenvalue weighted by Gasteiger charge is -2.30. The molecule has 0 unspecified atom stereocenters. The average molecular weight is 288 g/mol. The molecule has 0 aliphatic heterocycles. The summed E-state index contributed by atoms with van der Waals surface area (Å²) >= 11 is 0. The molecule has 0 aliphatic rings. The maximum atomic E-state index is 12.6. The fraction of sp³-hybridized carbons (Fsp3) is 0.600. The molecule has 0 radical (unpaired) electrons. The van der Waals surface area contributed by atoms with Gasteiger partial charge in [-0.05, 0) is 31.5 Å². The Hall–Kier alpha value is -1.23. The Kier molecular flexibility index (Phi) is 5.87. The number of halogens is 3. The van der Waals surface area contributed by atoms with Gasteiger partial charge >= 0.3 is 6.18 Å². The van der Waals surface area contributed by atoms with E-state index in [2.05, 4.69) is 19.2 Å². The number of nitrogens with zero attached hydrogens (tertiary/aromatic N) is 1. The fourth-order valence-corrected chi connectivity index (χ4v) is 1.89. The average Bonchev–Trinajstić information content (AvgIpc) is 2.33. The molecular formula is C15H23F3N2. The highest BCUT2D eigenvalue weighted by Gasteiger charge is 2.31. The zero-order valence-corrected chi connectivity index (χ0v) is 12.5. The second-order valence-corrected chi connectivity index (χ2v) is 5.54. The predicted octanol–water partition coefficient (Wildman–Crippen LogP) is 3.96. The van der Waals surface area contributed by atoms with Crippen molar-refractivity contribution in [2.24, 2.45) is 0 Å². The first-order valence-electron chi connectivity index (χ1n) is 6.85. The molecule has 0 aliphatic carbocycles. The van der Waals surface area contributed by atoms with Gasteiger partial charge in [-0.2, -0.15) is 13.2 Å². The summed E-state index contributed by atoms with van der Waals surface area (Å²) in [6.45, 7) is 7.43. The van der Waals surface area contributed by atoms with Gasteiger partial charge in [0.25, 0.3) is 0 Å². The summed E-state index contributed by atoms with van der Waals surface area (Å²) in [7, 11) is 0. The quantitative estimate of drug-likeness (QED) is 0.852. The summed E-state index contributed by atoms with van der Waals surface area (Å²) < 4.78 is 37.8. The molecule has 20 heavy (non-hydrogen) atoms. The van der Waals surface area contributed by atoms with Crippen molar-refractivity contribution in [2.75, 3.05) is 11.4 Å². The predicted molar refractivity (Wildman–Crippen MR) is 77.0 cm³/mol. The second kappa shape index (κ2) is 6.97. The summed E-state index contributed by atoms with van der Waals surface area (Å²) in [5.74, 6) is 0. The van der Waals surface area contributed by atoms with Crippen LogP contribution < -0.4 is 10.2 Å². The third-order valence-electron chi connectivity index (χ3n) is 2.96. The molecule has 0 saturated heterocycles. The number of hydrogen-bond donors (Lipinski definition) is 1. The third-order valence-corrected chi connectivity index (χ3v) is 2.96. The zero-order chi connectivity index (χ0) is 15.3. The number of benzene rings is 1. The molecule has 0 amide bonds. The molecule has 0 heterocycles. The minimum absolute atomic E-state index is 0.198. The second-order valence-electron chi connectivity index (χ2n) is 5.54. The molecular weight excluding hydrogens is 265 g/mol. The largest absolute Gasteiger partial charge is 0.405 e. The molecule has 0 bridgehead atoms. The Balaban J connectivity index is 2.78. The van der Waals surface area contributed by atoms with Crippen LogP contribution in [0.15, 0.2) is 24.3 Å². The van der Waals surface area contributed by atoms with E-state index in [1.807, 2.05) is 12.1 Å². The maximum absolute atomic E-state index is 12.6. The van der Waals surface area contributed by atoms with Crippen molar-refractivity contribution in [3.05, 3.63) is 29.8 Å². The molecule has 5 heteroatoms. The Morgan fingerprint density at radius 1 is 1.05 bits per heavy atom. The minimum atomic E-state index is -4.19. The van der Waals surface area contributed by atoms with E-state index in [1.54, 1.807) is 26.0 Å². The lowest BCUT2D eigenvalue weighted by molar-refractivity contribution is -0.120. The molecule has 0 saturated carbocycles. The Labute approximate surface area is 119 Å². The van der Waals surface area contributed by atoms with Gasteiger partial charge in [0.2, 0.25) is 0 Å². The van der Waals surface area contributed by atoms with Crippen LogP contribution in [0.25, 0.3) is 0 Å². The van der Waals surface area contributed by atoms with Crippen molar-refractivity contribution in [3.8, 4) is 0 Å². The lowest BCUT2D eigenvalue weighted by atomic mass is 10.1. The maximum Gasteiger partial charge on any atom is 0.405 e. The van der Waals surface area contributed by atoms with Gasteiger partial charge in [0.1, 0.15) is 6.54 Å². The third kappa shape index (κ3) is 5.82.